The Kier molecular flexibility index (Phi) is 11.8. The van der Waals surface area contributed by atoms with Crippen LogP contribution >= 0.6 is 11.6 Å². The van der Waals surface area contributed by atoms with E-state index in [4.69, 9.17) is 21.4 Å². The van der Waals surface area contributed by atoms with Gasteiger partial charge in [0.15, 0.2) is 5.69 Å². The maximum atomic E-state index is 14.8. The van der Waals surface area contributed by atoms with Gasteiger partial charge >= 0.3 is 0 Å². The van der Waals surface area contributed by atoms with E-state index in [0.29, 0.717) is 47.4 Å². The molecular weight excluding hydrogens is 638 g/mol. The van der Waals surface area contributed by atoms with Crippen molar-refractivity contribution in [3.63, 3.8) is 0 Å². The van der Waals surface area contributed by atoms with Crippen LogP contribution in [0.2, 0.25) is 5.02 Å². The molecule has 2 heterocycles. The van der Waals surface area contributed by atoms with E-state index in [9.17, 15) is 14.4 Å². The Morgan fingerprint density at radius 2 is 1.59 bits per heavy atom. The van der Waals surface area contributed by atoms with Gasteiger partial charge in [0, 0.05) is 38.8 Å². The van der Waals surface area contributed by atoms with E-state index in [2.05, 4.69) is 38.2 Å². The first-order valence-electron chi connectivity index (χ1n) is 17.2. The molecule has 5 rings (SSSR count). The number of halogens is 1. The Balaban J connectivity index is 1.62. The minimum absolute atomic E-state index is 0.00235. The third-order valence-electron chi connectivity index (χ3n) is 9.27. The Labute approximate surface area is 294 Å². The Hall–Kier alpha value is -4.63. The number of nitrogens with zero attached hydrogens (tertiary/aromatic N) is 4. The normalized spacial score (nSPS) is 13.9. The van der Waals surface area contributed by atoms with Crippen LogP contribution in [-0.4, -0.2) is 70.6 Å². The summed E-state index contributed by atoms with van der Waals surface area (Å²) in [4.78, 5) is 44.7. The van der Waals surface area contributed by atoms with Crippen molar-refractivity contribution >= 4 is 29.3 Å². The molecule has 1 atom stereocenters. The van der Waals surface area contributed by atoms with E-state index in [1.165, 1.54) is 12.7 Å². The van der Waals surface area contributed by atoms with E-state index < -0.39 is 0 Å². The first-order valence-corrected chi connectivity index (χ1v) is 17.6. The largest absolute Gasteiger partial charge is 0.481 e. The lowest BCUT2D eigenvalue weighted by Gasteiger charge is -2.37. The summed E-state index contributed by atoms with van der Waals surface area (Å²) in [5, 5.41) is 7.69. The number of rotatable bonds is 13. The molecule has 0 fully saturated rings. The molecule has 3 aromatic carbocycles. The lowest BCUT2D eigenvalue weighted by atomic mass is 9.91. The smallest absolute Gasteiger partial charge is 0.274 e. The summed E-state index contributed by atoms with van der Waals surface area (Å²) in [6.07, 6.45) is 5.31. The Morgan fingerprint density at radius 1 is 0.918 bits per heavy atom. The number of aromatic nitrogens is 2. The zero-order valence-electron chi connectivity index (χ0n) is 29.1. The standard InChI is InChI=1S/C39H46ClN5O4/c1-6-9-19-43(20-10-7-2)39(48)34-24-36(49-5)45(42-34)35-18-16-27(28-15-17-31(33(40)23-28)37(46)41-4)22-32(35)38(47)44-25-29-14-12-11-13-26(29)21-30(44)8-3/h11-18,22-24,30H,6-10,19-21,25H2,1-5H3,(H,41,46). The number of nitrogens with one attached hydrogen (secondary N) is 1. The van der Waals surface area contributed by atoms with Crippen LogP contribution in [0.1, 0.15) is 95.2 Å². The average Bonchev–Trinajstić information content (AvgIpc) is 3.57. The second-order valence-corrected chi connectivity index (χ2v) is 12.9. The first kappa shape index (κ1) is 35.7. The molecule has 1 aromatic heterocycles. The van der Waals surface area contributed by atoms with Crippen LogP contribution in [0.3, 0.4) is 0 Å². The molecule has 3 amide bonds. The van der Waals surface area contributed by atoms with Crippen molar-refractivity contribution in [1.29, 1.82) is 0 Å². The van der Waals surface area contributed by atoms with Crippen molar-refractivity contribution in [2.24, 2.45) is 0 Å². The minimum Gasteiger partial charge on any atom is -0.481 e. The number of carbonyl (C=O) groups is 3. The fourth-order valence-electron chi connectivity index (χ4n) is 6.39. The van der Waals surface area contributed by atoms with E-state index >= 15 is 0 Å². The summed E-state index contributed by atoms with van der Waals surface area (Å²) in [5.41, 5.74) is 5.42. The van der Waals surface area contributed by atoms with Gasteiger partial charge in [0.25, 0.3) is 17.7 Å². The van der Waals surface area contributed by atoms with Gasteiger partial charge in [-0.2, -0.15) is 9.78 Å². The molecule has 1 unspecified atom stereocenters. The molecule has 10 heteroatoms. The highest BCUT2D eigenvalue weighted by molar-refractivity contribution is 6.34. The molecule has 0 bridgehead atoms. The summed E-state index contributed by atoms with van der Waals surface area (Å²) < 4.78 is 7.33. The van der Waals surface area contributed by atoms with Gasteiger partial charge in [-0.15, -0.1) is 0 Å². The third kappa shape index (κ3) is 7.67. The topological polar surface area (TPSA) is 96.8 Å². The molecule has 4 aromatic rings. The lowest BCUT2D eigenvalue weighted by molar-refractivity contribution is 0.0634. The van der Waals surface area contributed by atoms with Crippen LogP contribution in [0.15, 0.2) is 66.7 Å². The lowest BCUT2D eigenvalue weighted by Crippen LogP contribution is -2.44. The van der Waals surface area contributed by atoms with Crippen molar-refractivity contribution in [2.75, 3.05) is 27.2 Å². The molecule has 1 aliphatic heterocycles. The van der Waals surface area contributed by atoms with Gasteiger partial charge in [-0.1, -0.05) is 81.6 Å². The number of carbonyl (C=O) groups excluding carboxylic acids is 3. The zero-order valence-corrected chi connectivity index (χ0v) is 29.8. The van der Waals surface area contributed by atoms with E-state index in [1.54, 1.807) is 29.9 Å². The number of amides is 3. The van der Waals surface area contributed by atoms with Gasteiger partial charge in [-0.05, 0) is 72.2 Å². The number of ether oxygens (including phenoxy) is 1. The van der Waals surface area contributed by atoms with Crippen molar-refractivity contribution in [2.45, 2.75) is 71.9 Å². The summed E-state index contributed by atoms with van der Waals surface area (Å²) in [6, 6.07) is 20.7. The number of benzene rings is 3. The molecule has 0 radical (unpaired) electrons. The fourth-order valence-corrected chi connectivity index (χ4v) is 6.66. The number of fused-ring (bicyclic) bond motifs is 1. The highest BCUT2D eigenvalue weighted by atomic mass is 35.5. The molecule has 1 aliphatic rings. The monoisotopic (exact) mass is 683 g/mol. The van der Waals surface area contributed by atoms with Crippen LogP contribution in [-0.2, 0) is 13.0 Å². The van der Waals surface area contributed by atoms with E-state index in [1.807, 2.05) is 46.2 Å². The van der Waals surface area contributed by atoms with E-state index in [-0.39, 0.29) is 29.5 Å². The molecule has 258 valence electrons. The number of unbranched alkanes of at least 4 members (excludes halogenated alkanes) is 2. The molecular formula is C39H46ClN5O4. The van der Waals surface area contributed by atoms with Gasteiger partial charge in [0.1, 0.15) is 0 Å². The number of hydrogen-bond donors (Lipinski definition) is 1. The SMILES string of the molecule is CCCCN(CCCC)C(=O)c1cc(OC)n(-c2ccc(-c3ccc(C(=O)NC)c(Cl)c3)cc2C(=O)N2Cc3ccccc3CC2CC)n1. The molecule has 0 aliphatic carbocycles. The minimum atomic E-state index is -0.280. The maximum Gasteiger partial charge on any atom is 0.274 e. The average molecular weight is 684 g/mol. The molecule has 0 saturated carbocycles. The summed E-state index contributed by atoms with van der Waals surface area (Å²) in [5.74, 6) is -0.236. The zero-order chi connectivity index (χ0) is 35.1. The summed E-state index contributed by atoms with van der Waals surface area (Å²) in [7, 11) is 3.09. The Bertz CT molecular complexity index is 1810. The second-order valence-electron chi connectivity index (χ2n) is 12.5. The van der Waals surface area contributed by atoms with Gasteiger partial charge in [0.05, 0.1) is 28.9 Å². The van der Waals surface area contributed by atoms with Crippen molar-refractivity contribution in [3.05, 3.63) is 99.7 Å². The quantitative estimate of drug-likeness (QED) is 0.157. The van der Waals surface area contributed by atoms with Crippen LogP contribution in [0.4, 0.5) is 0 Å². The van der Waals surface area contributed by atoms with Crippen molar-refractivity contribution < 1.29 is 19.1 Å². The highest BCUT2D eigenvalue weighted by Crippen LogP contribution is 2.33. The fraction of sp³-hybridized carbons (Fsp3) is 0.385. The predicted octanol–water partition coefficient (Wildman–Crippen LogP) is 7.58. The van der Waals surface area contributed by atoms with Gasteiger partial charge in [-0.3, -0.25) is 14.4 Å². The molecule has 0 spiro atoms. The second kappa shape index (κ2) is 16.2. The summed E-state index contributed by atoms with van der Waals surface area (Å²) in [6.45, 7) is 8.10. The van der Waals surface area contributed by atoms with Crippen LogP contribution < -0.4 is 10.1 Å². The predicted molar refractivity (Wildman–Crippen MR) is 194 cm³/mol. The van der Waals surface area contributed by atoms with Crippen LogP contribution in [0.5, 0.6) is 5.88 Å². The molecule has 49 heavy (non-hydrogen) atoms. The summed E-state index contributed by atoms with van der Waals surface area (Å²) >= 11 is 6.55. The van der Waals surface area contributed by atoms with Gasteiger partial charge in [-0.25, -0.2) is 0 Å². The molecule has 1 N–H and O–H groups in total. The molecule has 9 nitrogen and oxygen atoms in total. The van der Waals surface area contributed by atoms with Crippen LogP contribution in [0.25, 0.3) is 16.8 Å². The van der Waals surface area contributed by atoms with E-state index in [0.717, 1.165) is 55.2 Å². The van der Waals surface area contributed by atoms with Crippen molar-refractivity contribution in [3.8, 4) is 22.7 Å². The number of methoxy groups -OCH3 is 1. The maximum absolute atomic E-state index is 14.8. The van der Waals surface area contributed by atoms with Gasteiger partial charge < -0.3 is 19.9 Å². The Morgan fingerprint density at radius 3 is 2.22 bits per heavy atom. The third-order valence-corrected chi connectivity index (χ3v) is 9.58. The highest BCUT2D eigenvalue weighted by Gasteiger charge is 2.32. The number of hydrogen-bond acceptors (Lipinski definition) is 5. The first-order chi connectivity index (χ1) is 23.7. The molecule has 0 saturated heterocycles. The van der Waals surface area contributed by atoms with Gasteiger partial charge in [0.2, 0.25) is 5.88 Å². The van der Waals surface area contributed by atoms with Crippen LogP contribution in [0, 0.1) is 0 Å². The van der Waals surface area contributed by atoms with Crippen molar-refractivity contribution in [1.82, 2.24) is 24.9 Å².